The molecule has 2 N–H and O–H groups in total. The van der Waals surface area contributed by atoms with Crippen molar-refractivity contribution in [1.82, 2.24) is 9.80 Å². The summed E-state index contributed by atoms with van der Waals surface area (Å²) >= 11 is 0. The lowest BCUT2D eigenvalue weighted by Crippen LogP contribution is -2.48. The number of ether oxygens (including phenoxy) is 1. The van der Waals surface area contributed by atoms with E-state index in [0.29, 0.717) is 0 Å². The number of nitrogens with two attached hydrogens (primary N) is 1. The average molecular weight is 277 g/mol. The minimum atomic E-state index is 0.744. The van der Waals surface area contributed by atoms with E-state index in [2.05, 4.69) is 23.6 Å². The monoisotopic (exact) mass is 277 g/mol. The van der Waals surface area contributed by atoms with E-state index in [1.54, 1.807) is 0 Å². The molecule has 4 nitrogen and oxygen atoms in total. The van der Waals surface area contributed by atoms with Crippen LogP contribution in [0.2, 0.25) is 0 Å². The van der Waals surface area contributed by atoms with Crippen molar-refractivity contribution in [2.24, 2.45) is 5.92 Å². The fourth-order valence-electron chi connectivity index (χ4n) is 2.57. The second-order valence-corrected chi connectivity index (χ2v) is 5.95. The van der Waals surface area contributed by atoms with E-state index in [4.69, 9.17) is 10.5 Å². The van der Waals surface area contributed by atoms with Crippen LogP contribution < -0.4 is 10.5 Å². The molecule has 0 saturated carbocycles. The van der Waals surface area contributed by atoms with Crippen LogP contribution in [0.25, 0.3) is 0 Å². The molecule has 1 heterocycles. The van der Waals surface area contributed by atoms with Crippen LogP contribution >= 0.6 is 0 Å². The van der Waals surface area contributed by atoms with Gasteiger partial charge in [-0.25, -0.2) is 0 Å². The third kappa shape index (κ3) is 5.02. The van der Waals surface area contributed by atoms with Crippen molar-refractivity contribution in [1.29, 1.82) is 0 Å². The molecule has 1 saturated heterocycles. The zero-order valence-electron chi connectivity index (χ0n) is 12.7. The number of piperazine rings is 1. The highest BCUT2D eigenvalue weighted by Crippen LogP contribution is 2.13. The van der Waals surface area contributed by atoms with E-state index in [1.807, 2.05) is 24.3 Å². The van der Waals surface area contributed by atoms with Crippen molar-refractivity contribution in [3.63, 3.8) is 0 Å². The molecule has 1 aliphatic heterocycles. The zero-order chi connectivity index (χ0) is 14.4. The molecule has 1 aromatic rings. The third-order valence-corrected chi connectivity index (χ3v) is 3.64. The summed E-state index contributed by atoms with van der Waals surface area (Å²) in [6.07, 6.45) is 0. The molecule has 0 spiro atoms. The lowest BCUT2D eigenvalue weighted by atomic mass is 10.2. The summed E-state index contributed by atoms with van der Waals surface area (Å²) in [5.74, 6) is 1.66. The quantitative estimate of drug-likeness (QED) is 0.807. The van der Waals surface area contributed by atoms with Gasteiger partial charge in [-0.15, -0.1) is 0 Å². The molecular weight excluding hydrogens is 250 g/mol. The Morgan fingerprint density at radius 1 is 1.05 bits per heavy atom. The molecule has 1 fully saturated rings. The molecule has 1 aliphatic rings. The van der Waals surface area contributed by atoms with Crippen LogP contribution in [0.3, 0.4) is 0 Å². The summed E-state index contributed by atoms with van der Waals surface area (Å²) in [6.45, 7) is 12.2. The van der Waals surface area contributed by atoms with Crippen molar-refractivity contribution in [2.45, 2.75) is 13.8 Å². The molecule has 1 aromatic carbocycles. The SMILES string of the molecule is CC(C)CN1CCN(CCOc2ccc(N)cc2)CC1. The Balaban J connectivity index is 1.62. The van der Waals surface area contributed by atoms with Crippen LogP contribution in [0.1, 0.15) is 13.8 Å². The molecule has 2 rings (SSSR count). The number of hydrogen-bond donors (Lipinski definition) is 1. The topological polar surface area (TPSA) is 41.7 Å². The van der Waals surface area contributed by atoms with Gasteiger partial charge in [0.15, 0.2) is 0 Å². The molecular formula is C16H27N3O. The summed E-state index contributed by atoms with van der Waals surface area (Å²) in [7, 11) is 0. The Labute approximate surface area is 122 Å². The molecule has 0 bridgehead atoms. The van der Waals surface area contributed by atoms with E-state index in [-0.39, 0.29) is 0 Å². The van der Waals surface area contributed by atoms with Gasteiger partial charge in [-0.2, -0.15) is 0 Å². The first-order valence-corrected chi connectivity index (χ1v) is 7.56. The molecule has 4 heteroatoms. The molecule has 20 heavy (non-hydrogen) atoms. The van der Waals surface area contributed by atoms with E-state index < -0.39 is 0 Å². The number of nitrogen functional groups attached to an aromatic ring is 1. The molecule has 0 atom stereocenters. The standard InChI is InChI=1S/C16H27N3O/c1-14(2)13-19-9-7-18(8-10-19)11-12-20-16-5-3-15(17)4-6-16/h3-6,14H,7-13,17H2,1-2H3. The first-order valence-electron chi connectivity index (χ1n) is 7.56. The first-order chi connectivity index (χ1) is 9.63. The minimum Gasteiger partial charge on any atom is -0.492 e. The van der Waals surface area contributed by atoms with Gasteiger partial charge in [0.25, 0.3) is 0 Å². The second kappa shape index (κ2) is 7.50. The zero-order valence-corrected chi connectivity index (χ0v) is 12.7. The van der Waals surface area contributed by atoms with Crippen LogP contribution in [0.15, 0.2) is 24.3 Å². The van der Waals surface area contributed by atoms with Gasteiger partial charge in [0.2, 0.25) is 0 Å². The highest BCUT2D eigenvalue weighted by atomic mass is 16.5. The maximum absolute atomic E-state index is 5.74. The van der Waals surface area contributed by atoms with Gasteiger partial charge in [-0.3, -0.25) is 4.90 Å². The molecule has 0 radical (unpaired) electrons. The van der Waals surface area contributed by atoms with E-state index in [0.717, 1.165) is 43.6 Å². The number of rotatable bonds is 6. The van der Waals surface area contributed by atoms with Crippen molar-refractivity contribution in [3.05, 3.63) is 24.3 Å². The molecule has 0 aromatic heterocycles. The third-order valence-electron chi connectivity index (χ3n) is 3.64. The van der Waals surface area contributed by atoms with Gasteiger partial charge < -0.3 is 15.4 Å². The Hall–Kier alpha value is -1.26. The Kier molecular flexibility index (Phi) is 5.68. The fraction of sp³-hybridized carbons (Fsp3) is 0.625. The first kappa shape index (κ1) is 15.1. The van der Waals surface area contributed by atoms with Crippen LogP contribution in [0.4, 0.5) is 5.69 Å². The smallest absolute Gasteiger partial charge is 0.119 e. The fourth-order valence-corrected chi connectivity index (χ4v) is 2.57. The van der Waals surface area contributed by atoms with Gasteiger partial charge in [-0.1, -0.05) is 13.8 Å². The maximum Gasteiger partial charge on any atom is 0.119 e. The van der Waals surface area contributed by atoms with E-state index in [9.17, 15) is 0 Å². The van der Waals surface area contributed by atoms with Gasteiger partial charge in [0.05, 0.1) is 0 Å². The predicted molar refractivity (Wildman–Crippen MR) is 84.1 cm³/mol. The maximum atomic E-state index is 5.74. The number of benzene rings is 1. The molecule has 0 amide bonds. The Bertz CT molecular complexity index is 383. The molecule has 112 valence electrons. The van der Waals surface area contributed by atoms with Crippen molar-refractivity contribution < 1.29 is 4.74 Å². The van der Waals surface area contributed by atoms with Crippen molar-refractivity contribution >= 4 is 5.69 Å². The molecule has 0 aliphatic carbocycles. The van der Waals surface area contributed by atoms with Gasteiger partial charge in [0, 0.05) is 45.0 Å². The Morgan fingerprint density at radius 3 is 2.25 bits per heavy atom. The predicted octanol–water partition coefficient (Wildman–Crippen LogP) is 1.92. The summed E-state index contributed by atoms with van der Waals surface area (Å²) in [6, 6.07) is 7.60. The van der Waals surface area contributed by atoms with Crippen molar-refractivity contribution in [2.75, 3.05) is 51.6 Å². The number of nitrogens with zero attached hydrogens (tertiary/aromatic N) is 2. The lowest BCUT2D eigenvalue weighted by molar-refractivity contribution is 0.109. The van der Waals surface area contributed by atoms with E-state index >= 15 is 0 Å². The number of hydrogen-bond acceptors (Lipinski definition) is 4. The highest BCUT2D eigenvalue weighted by molar-refractivity contribution is 5.41. The summed E-state index contributed by atoms with van der Waals surface area (Å²) in [5.41, 5.74) is 6.43. The van der Waals surface area contributed by atoms with E-state index in [1.165, 1.54) is 19.6 Å². The van der Waals surface area contributed by atoms with Crippen molar-refractivity contribution in [3.8, 4) is 5.75 Å². The summed E-state index contributed by atoms with van der Waals surface area (Å²) < 4.78 is 5.74. The van der Waals surface area contributed by atoms with Gasteiger partial charge in [-0.05, 0) is 30.2 Å². The molecule has 0 unspecified atom stereocenters. The lowest BCUT2D eigenvalue weighted by Gasteiger charge is -2.35. The average Bonchev–Trinajstić information content (AvgIpc) is 2.42. The van der Waals surface area contributed by atoms with Crippen LogP contribution in [0, 0.1) is 5.92 Å². The second-order valence-electron chi connectivity index (χ2n) is 5.95. The number of anilines is 1. The summed E-state index contributed by atoms with van der Waals surface area (Å²) in [4.78, 5) is 5.04. The van der Waals surface area contributed by atoms with Gasteiger partial charge >= 0.3 is 0 Å². The van der Waals surface area contributed by atoms with Crippen LogP contribution in [-0.2, 0) is 0 Å². The van der Waals surface area contributed by atoms with Crippen LogP contribution in [-0.4, -0.2) is 55.7 Å². The normalized spacial score (nSPS) is 17.6. The summed E-state index contributed by atoms with van der Waals surface area (Å²) in [5, 5.41) is 0. The van der Waals surface area contributed by atoms with Gasteiger partial charge in [0.1, 0.15) is 12.4 Å². The Morgan fingerprint density at radius 2 is 1.65 bits per heavy atom. The largest absolute Gasteiger partial charge is 0.492 e. The highest BCUT2D eigenvalue weighted by Gasteiger charge is 2.16. The minimum absolute atomic E-state index is 0.744. The van der Waals surface area contributed by atoms with Crippen LogP contribution in [0.5, 0.6) is 5.75 Å².